The Morgan fingerprint density at radius 2 is 1.71 bits per heavy atom. The van der Waals surface area contributed by atoms with Crippen LogP contribution in [0.4, 0.5) is 10.1 Å². The van der Waals surface area contributed by atoms with E-state index in [1.54, 1.807) is 6.07 Å². The number of anilines is 1. The van der Waals surface area contributed by atoms with Crippen LogP contribution in [0.15, 0.2) is 43.7 Å². The summed E-state index contributed by atoms with van der Waals surface area (Å²) in [5.41, 5.74) is 1.79. The molecule has 0 amide bonds. The number of rotatable bonds is 5. The summed E-state index contributed by atoms with van der Waals surface area (Å²) >= 11 is 10.1. The highest BCUT2D eigenvalue weighted by atomic mass is 79.9. The highest BCUT2D eigenvalue weighted by molar-refractivity contribution is 9.11. The summed E-state index contributed by atoms with van der Waals surface area (Å²) in [5.74, 6) is 0.505. The first-order valence-electron chi connectivity index (χ1n) is 6.31. The molecule has 0 saturated heterocycles. The molecular weight excluding hydrogens is 469 g/mol. The zero-order chi connectivity index (χ0) is 15.4. The van der Waals surface area contributed by atoms with E-state index in [1.807, 2.05) is 25.1 Å². The first-order valence-corrected chi connectivity index (χ1v) is 8.68. The van der Waals surface area contributed by atoms with Crippen molar-refractivity contribution in [2.75, 3.05) is 11.9 Å². The highest BCUT2D eigenvalue weighted by Crippen LogP contribution is 2.35. The molecule has 0 atom stereocenters. The summed E-state index contributed by atoms with van der Waals surface area (Å²) < 4.78 is 21.2. The van der Waals surface area contributed by atoms with Crippen LogP contribution in [0.1, 0.15) is 12.5 Å². The summed E-state index contributed by atoms with van der Waals surface area (Å²) in [5, 5.41) is 3.19. The quantitative estimate of drug-likeness (QED) is 0.555. The van der Waals surface area contributed by atoms with Crippen molar-refractivity contribution < 1.29 is 9.13 Å². The molecule has 2 aromatic rings. The van der Waals surface area contributed by atoms with E-state index >= 15 is 0 Å². The van der Waals surface area contributed by atoms with Gasteiger partial charge < -0.3 is 10.1 Å². The van der Waals surface area contributed by atoms with Gasteiger partial charge in [-0.3, -0.25) is 0 Å². The van der Waals surface area contributed by atoms with Crippen molar-refractivity contribution in [3.63, 3.8) is 0 Å². The molecule has 2 nitrogen and oxygen atoms in total. The van der Waals surface area contributed by atoms with E-state index in [-0.39, 0.29) is 5.82 Å². The molecule has 2 aromatic carbocycles. The average Bonchev–Trinajstić information content (AvgIpc) is 2.44. The molecule has 1 N–H and O–H groups in total. The Morgan fingerprint density at radius 1 is 1.05 bits per heavy atom. The predicted octanol–water partition coefficient (Wildman–Crippen LogP) is 6.12. The second kappa shape index (κ2) is 7.61. The van der Waals surface area contributed by atoms with Crippen LogP contribution in [0, 0.1) is 5.82 Å². The van der Waals surface area contributed by atoms with Crippen LogP contribution in [0.25, 0.3) is 0 Å². The minimum Gasteiger partial charge on any atom is -0.492 e. The molecule has 0 aliphatic rings. The van der Waals surface area contributed by atoms with E-state index in [1.165, 1.54) is 6.07 Å². The smallest absolute Gasteiger partial charge is 0.147 e. The predicted molar refractivity (Wildman–Crippen MR) is 94.4 cm³/mol. The van der Waals surface area contributed by atoms with Crippen LogP contribution < -0.4 is 10.1 Å². The van der Waals surface area contributed by atoms with E-state index in [9.17, 15) is 4.39 Å². The lowest BCUT2D eigenvalue weighted by molar-refractivity contribution is 0.336. The number of ether oxygens (including phenoxy) is 1. The van der Waals surface area contributed by atoms with Crippen molar-refractivity contribution in [2.45, 2.75) is 13.5 Å². The summed E-state index contributed by atoms with van der Waals surface area (Å²) in [6, 6.07) is 8.94. The van der Waals surface area contributed by atoms with Crippen LogP contribution >= 0.6 is 47.8 Å². The SMILES string of the molecule is CCOc1c(Br)cc(CNc2ccc(Br)c(F)c2)cc1Br. The van der Waals surface area contributed by atoms with Crippen LogP contribution in [0.3, 0.4) is 0 Å². The van der Waals surface area contributed by atoms with Crippen LogP contribution in [0.2, 0.25) is 0 Å². The van der Waals surface area contributed by atoms with Gasteiger partial charge in [-0.05, 0) is 90.6 Å². The van der Waals surface area contributed by atoms with Gasteiger partial charge in [-0.2, -0.15) is 0 Å². The van der Waals surface area contributed by atoms with Crippen molar-refractivity contribution in [2.24, 2.45) is 0 Å². The van der Waals surface area contributed by atoms with Gasteiger partial charge in [-0.1, -0.05) is 0 Å². The zero-order valence-corrected chi connectivity index (χ0v) is 16.0. The van der Waals surface area contributed by atoms with Crippen LogP contribution in [-0.4, -0.2) is 6.61 Å². The minimum absolute atomic E-state index is 0.283. The molecule has 21 heavy (non-hydrogen) atoms. The Bertz CT molecular complexity index is 626. The maximum absolute atomic E-state index is 13.5. The zero-order valence-electron chi connectivity index (χ0n) is 11.2. The fourth-order valence-electron chi connectivity index (χ4n) is 1.81. The molecule has 0 spiro atoms. The molecule has 0 aliphatic heterocycles. The molecule has 0 fully saturated rings. The van der Waals surface area contributed by atoms with Gasteiger partial charge in [-0.25, -0.2) is 4.39 Å². The second-order valence-corrected chi connectivity index (χ2v) is 6.87. The Kier molecular flexibility index (Phi) is 6.08. The molecule has 0 radical (unpaired) electrons. The first kappa shape index (κ1) is 16.8. The maximum atomic E-state index is 13.5. The van der Waals surface area contributed by atoms with Gasteiger partial charge in [0.15, 0.2) is 0 Å². The summed E-state index contributed by atoms with van der Waals surface area (Å²) in [7, 11) is 0. The molecule has 2 rings (SSSR count). The fraction of sp³-hybridized carbons (Fsp3) is 0.200. The number of hydrogen-bond acceptors (Lipinski definition) is 2. The van der Waals surface area contributed by atoms with Crippen molar-refractivity contribution in [1.82, 2.24) is 0 Å². The van der Waals surface area contributed by atoms with Gasteiger partial charge in [0.25, 0.3) is 0 Å². The topological polar surface area (TPSA) is 21.3 Å². The van der Waals surface area contributed by atoms with E-state index in [4.69, 9.17) is 4.74 Å². The highest BCUT2D eigenvalue weighted by Gasteiger charge is 2.09. The third kappa shape index (κ3) is 4.44. The lowest BCUT2D eigenvalue weighted by atomic mass is 10.2. The standard InChI is InChI=1S/C15H13Br3FNO/c1-2-21-15-12(17)5-9(6-13(15)18)8-20-10-3-4-11(16)14(19)7-10/h3-7,20H,2,8H2,1H3. The lowest BCUT2D eigenvalue weighted by Gasteiger charge is -2.12. The van der Waals surface area contributed by atoms with Crippen molar-refractivity contribution >= 4 is 53.5 Å². The number of halogens is 4. The maximum Gasteiger partial charge on any atom is 0.147 e. The lowest BCUT2D eigenvalue weighted by Crippen LogP contribution is -2.01. The third-order valence-electron chi connectivity index (χ3n) is 2.76. The normalized spacial score (nSPS) is 10.5. The molecule has 112 valence electrons. The second-order valence-electron chi connectivity index (χ2n) is 4.30. The van der Waals surface area contributed by atoms with Crippen molar-refractivity contribution in [3.05, 3.63) is 55.1 Å². The molecule has 0 aromatic heterocycles. The fourth-order valence-corrected chi connectivity index (χ4v) is 3.56. The van der Waals surface area contributed by atoms with E-state index in [2.05, 4.69) is 53.1 Å². The molecular formula is C15H13Br3FNO. The number of nitrogens with one attached hydrogen (secondary N) is 1. The Hall–Kier alpha value is -0.590. The van der Waals surface area contributed by atoms with Gasteiger partial charge >= 0.3 is 0 Å². The Labute approximate surface area is 148 Å². The van der Waals surface area contributed by atoms with E-state index in [0.29, 0.717) is 17.6 Å². The van der Waals surface area contributed by atoms with E-state index in [0.717, 1.165) is 25.9 Å². The van der Waals surface area contributed by atoms with Gasteiger partial charge in [-0.15, -0.1) is 0 Å². The Morgan fingerprint density at radius 3 is 2.29 bits per heavy atom. The minimum atomic E-state index is -0.283. The summed E-state index contributed by atoms with van der Waals surface area (Å²) in [6.45, 7) is 3.13. The molecule has 0 heterocycles. The third-order valence-corrected chi connectivity index (χ3v) is 4.58. The molecule has 0 saturated carbocycles. The van der Waals surface area contributed by atoms with Gasteiger partial charge in [0.05, 0.1) is 20.0 Å². The number of benzene rings is 2. The van der Waals surface area contributed by atoms with Gasteiger partial charge in [0, 0.05) is 12.2 Å². The van der Waals surface area contributed by atoms with Gasteiger partial charge in [0.1, 0.15) is 11.6 Å². The number of hydrogen-bond donors (Lipinski definition) is 1. The van der Waals surface area contributed by atoms with Crippen molar-refractivity contribution in [3.8, 4) is 5.75 Å². The largest absolute Gasteiger partial charge is 0.492 e. The van der Waals surface area contributed by atoms with Crippen LogP contribution in [0.5, 0.6) is 5.75 Å². The van der Waals surface area contributed by atoms with Gasteiger partial charge in [0.2, 0.25) is 0 Å². The molecule has 6 heteroatoms. The van der Waals surface area contributed by atoms with Crippen LogP contribution in [-0.2, 0) is 6.54 Å². The van der Waals surface area contributed by atoms with Crippen molar-refractivity contribution in [1.29, 1.82) is 0 Å². The summed E-state index contributed by atoms with van der Waals surface area (Å²) in [6.07, 6.45) is 0. The molecule has 0 aliphatic carbocycles. The molecule has 0 bridgehead atoms. The Balaban J connectivity index is 2.11. The first-order chi connectivity index (χ1) is 10.0. The monoisotopic (exact) mass is 479 g/mol. The molecule has 0 unspecified atom stereocenters. The average molecular weight is 482 g/mol. The van der Waals surface area contributed by atoms with E-state index < -0.39 is 0 Å². The summed E-state index contributed by atoms with van der Waals surface area (Å²) in [4.78, 5) is 0.